The highest BCUT2D eigenvalue weighted by molar-refractivity contribution is 7.56. The summed E-state index contributed by atoms with van der Waals surface area (Å²) in [5, 5.41) is 2.44. The first-order valence-corrected chi connectivity index (χ1v) is 7.75. The van der Waals surface area contributed by atoms with E-state index in [0.717, 1.165) is 11.3 Å². The van der Waals surface area contributed by atoms with E-state index in [9.17, 15) is 0 Å². The Labute approximate surface area is 127 Å². The number of methoxy groups -OCH3 is 1. The van der Waals surface area contributed by atoms with E-state index in [2.05, 4.69) is 42.2 Å². The minimum atomic E-state index is 0.263. The fourth-order valence-electron chi connectivity index (χ4n) is 2.00. The standard InChI is InChI=1S/C17H20NO2P/c1-13-8-9-15(20-12-19-3)17(10-13)21-16-7-5-4-6-14(16)11-18-2/h4-11,21H,12H2,1-3H3. The lowest BCUT2D eigenvalue weighted by atomic mass is 10.2. The van der Waals surface area contributed by atoms with Gasteiger partial charge in [0.2, 0.25) is 0 Å². The number of nitrogens with zero attached hydrogens (tertiary/aromatic N) is 1. The summed E-state index contributed by atoms with van der Waals surface area (Å²) in [5.41, 5.74) is 2.38. The summed E-state index contributed by atoms with van der Waals surface area (Å²) in [5.74, 6) is 0.879. The van der Waals surface area contributed by atoms with Gasteiger partial charge in [-0.2, -0.15) is 0 Å². The van der Waals surface area contributed by atoms with Crippen molar-refractivity contribution in [1.29, 1.82) is 0 Å². The van der Waals surface area contributed by atoms with Gasteiger partial charge in [-0.1, -0.05) is 44.5 Å². The van der Waals surface area contributed by atoms with Gasteiger partial charge in [-0.05, 0) is 29.9 Å². The van der Waals surface area contributed by atoms with E-state index in [4.69, 9.17) is 9.47 Å². The number of benzene rings is 2. The highest BCUT2D eigenvalue weighted by Crippen LogP contribution is 2.21. The van der Waals surface area contributed by atoms with Crippen LogP contribution in [0.2, 0.25) is 0 Å². The fraction of sp³-hybridized carbons (Fsp3) is 0.235. The summed E-state index contributed by atoms with van der Waals surface area (Å²) >= 11 is 0. The molecule has 0 radical (unpaired) electrons. The van der Waals surface area contributed by atoms with Crippen molar-refractivity contribution < 1.29 is 9.47 Å². The number of ether oxygens (including phenoxy) is 2. The Morgan fingerprint density at radius 3 is 2.71 bits per heavy atom. The Hall–Kier alpha value is -1.70. The summed E-state index contributed by atoms with van der Waals surface area (Å²) in [4.78, 5) is 4.13. The number of hydrogen-bond donors (Lipinski definition) is 0. The summed E-state index contributed by atoms with van der Waals surface area (Å²) in [6.45, 7) is 2.35. The molecule has 1 atom stereocenters. The predicted molar refractivity (Wildman–Crippen MR) is 91.2 cm³/mol. The van der Waals surface area contributed by atoms with Gasteiger partial charge in [0, 0.05) is 25.7 Å². The van der Waals surface area contributed by atoms with Crippen molar-refractivity contribution in [2.24, 2.45) is 4.99 Å². The second-order valence-corrected chi connectivity index (χ2v) is 5.98. The van der Waals surface area contributed by atoms with Crippen LogP contribution in [0, 0.1) is 6.92 Å². The van der Waals surface area contributed by atoms with E-state index in [0.29, 0.717) is 8.58 Å². The van der Waals surface area contributed by atoms with Crippen molar-refractivity contribution >= 4 is 25.4 Å². The van der Waals surface area contributed by atoms with Crippen molar-refractivity contribution in [3.05, 3.63) is 53.6 Å². The average Bonchev–Trinajstić information content (AvgIpc) is 2.49. The minimum Gasteiger partial charge on any atom is -0.467 e. The molecular formula is C17H20NO2P. The molecule has 0 aromatic heterocycles. The molecule has 0 aliphatic rings. The lowest BCUT2D eigenvalue weighted by molar-refractivity contribution is 0.0519. The molecule has 2 aromatic rings. The smallest absolute Gasteiger partial charge is 0.188 e. The quantitative estimate of drug-likeness (QED) is 0.466. The molecule has 2 rings (SSSR count). The van der Waals surface area contributed by atoms with Gasteiger partial charge in [0.1, 0.15) is 5.75 Å². The molecule has 0 saturated carbocycles. The van der Waals surface area contributed by atoms with E-state index in [1.165, 1.54) is 16.2 Å². The summed E-state index contributed by atoms with van der Waals surface area (Å²) < 4.78 is 10.7. The Kier molecular flexibility index (Phi) is 5.91. The molecule has 0 saturated heterocycles. The Balaban J connectivity index is 2.32. The van der Waals surface area contributed by atoms with E-state index < -0.39 is 0 Å². The molecule has 1 unspecified atom stereocenters. The topological polar surface area (TPSA) is 30.8 Å². The Bertz CT molecular complexity index is 626. The molecule has 0 fully saturated rings. The van der Waals surface area contributed by atoms with E-state index in [1.54, 1.807) is 14.2 Å². The van der Waals surface area contributed by atoms with Crippen LogP contribution in [0.4, 0.5) is 0 Å². The van der Waals surface area contributed by atoms with Gasteiger partial charge >= 0.3 is 0 Å². The van der Waals surface area contributed by atoms with Gasteiger partial charge in [-0.25, -0.2) is 0 Å². The summed E-state index contributed by atoms with van der Waals surface area (Å²) in [6.07, 6.45) is 1.90. The van der Waals surface area contributed by atoms with Gasteiger partial charge in [-0.3, -0.25) is 4.99 Å². The molecule has 21 heavy (non-hydrogen) atoms. The second-order valence-electron chi connectivity index (χ2n) is 4.65. The van der Waals surface area contributed by atoms with Crippen molar-refractivity contribution in [1.82, 2.24) is 0 Å². The first-order valence-electron chi connectivity index (χ1n) is 6.75. The summed E-state index contributed by atoms with van der Waals surface area (Å²) in [7, 11) is 3.94. The first kappa shape index (κ1) is 15.7. The van der Waals surface area contributed by atoms with Gasteiger partial charge < -0.3 is 9.47 Å². The van der Waals surface area contributed by atoms with Crippen molar-refractivity contribution in [2.75, 3.05) is 21.0 Å². The van der Waals surface area contributed by atoms with Crippen LogP contribution in [0.25, 0.3) is 0 Å². The van der Waals surface area contributed by atoms with Crippen molar-refractivity contribution in [3.8, 4) is 5.75 Å². The van der Waals surface area contributed by atoms with Gasteiger partial charge in [0.25, 0.3) is 0 Å². The summed E-state index contributed by atoms with van der Waals surface area (Å²) in [6, 6.07) is 14.5. The second kappa shape index (κ2) is 7.92. The van der Waals surface area contributed by atoms with Crippen LogP contribution >= 0.6 is 8.58 Å². The SMILES string of the molecule is CN=Cc1ccccc1Pc1cc(C)ccc1OCOC. The van der Waals surface area contributed by atoms with E-state index in [-0.39, 0.29) is 6.79 Å². The molecule has 2 aromatic carbocycles. The number of hydrogen-bond acceptors (Lipinski definition) is 3. The first-order chi connectivity index (χ1) is 10.2. The van der Waals surface area contributed by atoms with E-state index in [1.807, 2.05) is 18.3 Å². The number of rotatable bonds is 6. The number of aliphatic imine (C=N–C) groups is 1. The fourth-order valence-corrected chi connectivity index (χ4v) is 3.34. The Morgan fingerprint density at radius 2 is 1.95 bits per heavy atom. The van der Waals surface area contributed by atoms with Crippen LogP contribution < -0.4 is 15.3 Å². The molecule has 0 aliphatic heterocycles. The van der Waals surface area contributed by atoms with Crippen LogP contribution in [-0.2, 0) is 4.74 Å². The largest absolute Gasteiger partial charge is 0.467 e. The van der Waals surface area contributed by atoms with Gasteiger partial charge in [0.05, 0.1) is 0 Å². The maximum absolute atomic E-state index is 5.66. The predicted octanol–water partition coefficient (Wildman–Crippen LogP) is 2.66. The van der Waals surface area contributed by atoms with Gasteiger partial charge in [0.15, 0.2) is 6.79 Å². The Morgan fingerprint density at radius 1 is 1.14 bits per heavy atom. The maximum atomic E-state index is 5.66. The molecule has 0 N–H and O–H groups in total. The lowest BCUT2D eigenvalue weighted by Gasteiger charge is -2.13. The third-order valence-corrected chi connectivity index (χ3v) is 4.35. The van der Waals surface area contributed by atoms with Crippen LogP contribution in [0.3, 0.4) is 0 Å². The van der Waals surface area contributed by atoms with Crippen LogP contribution in [0.1, 0.15) is 11.1 Å². The van der Waals surface area contributed by atoms with Crippen LogP contribution in [-0.4, -0.2) is 27.2 Å². The molecule has 0 heterocycles. The zero-order valence-corrected chi connectivity index (χ0v) is 13.6. The molecule has 0 aliphatic carbocycles. The average molecular weight is 301 g/mol. The molecule has 4 heteroatoms. The maximum Gasteiger partial charge on any atom is 0.188 e. The highest BCUT2D eigenvalue weighted by Gasteiger charge is 2.08. The van der Waals surface area contributed by atoms with E-state index >= 15 is 0 Å². The van der Waals surface area contributed by atoms with Crippen LogP contribution in [0.15, 0.2) is 47.5 Å². The third kappa shape index (κ3) is 4.38. The van der Waals surface area contributed by atoms with Crippen LogP contribution in [0.5, 0.6) is 5.75 Å². The lowest BCUT2D eigenvalue weighted by Crippen LogP contribution is -2.13. The van der Waals surface area contributed by atoms with Crippen molar-refractivity contribution in [2.45, 2.75) is 6.92 Å². The zero-order valence-electron chi connectivity index (χ0n) is 12.6. The molecular weight excluding hydrogens is 281 g/mol. The van der Waals surface area contributed by atoms with Gasteiger partial charge in [-0.15, -0.1) is 0 Å². The molecule has 0 amide bonds. The third-order valence-electron chi connectivity index (χ3n) is 2.97. The normalized spacial score (nSPS) is 11.6. The number of aryl methyl sites for hydroxylation is 1. The molecule has 0 spiro atoms. The monoisotopic (exact) mass is 301 g/mol. The minimum absolute atomic E-state index is 0.263. The zero-order chi connectivity index (χ0) is 15.1. The van der Waals surface area contributed by atoms with Crippen molar-refractivity contribution in [3.63, 3.8) is 0 Å². The molecule has 3 nitrogen and oxygen atoms in total. The molecule has 110 valence electrons. The highest BCUT2D eigenvalue weighted by atomic mass is 31.1. The molecule has 0 bridgehead atoms.